The molecular formula is C15H24N2. The Morgan fingerprint density at radius 3 is 2.53 bits per heavy atom. The van der Waals surface area contributed by atoms with Gasteiger partial charge in [0.05, 0.1) is 0 Å². The van der Waals surface area contributed by atoms with Crippen LogP contribution >= 0.6 is 0 Å². The minimum atomic E-state index is 0.699. The fraction of sp³-hybridized carbons (Fsp3) is 0.600. The molecular weight excluding hydrogens is 208 g/mol. The van der Waals surface area contributed by atoms with E-state index in [9.17, 15) is 0 Å². The zero-order valence-electron chi connectivity index (χ0n) is 11.3. The van der Waals surface area contributed by atoms with Crippen molar-refractivity contribution in [3.8, 4) is 0 Å². The lowest BCUT2D eigenvalue weighted by molar-refractivity contribution is 0.194. The molecule has 0 spiro atoms. The number of aryl methyl sites for hydroxylation is 2. The molecule has 1 fully saturated rings. The number of likely N-dealkylation sites (N-methyl/N-ethyl adjacent to an activating group) is 1. The highest BCUT2D eigenvalue weighted by Gasteiger charge is 2.18. The summed E-state index contributed by atoms with van der Waals surface area (Å²) in [7, 11) is 2.24. The van der Waals surface area contributed by atoms with Crippen molar-refractivity contribution >= 4 is 5.69 Å². The number of rotatable bonds is 3. The monoisotopic (exact) mass is 232 g/mol. The molecule has 1 aliphatic rings. The van der Waals surface area contributed by atoms with E-state index in [0.29, 0.717) is 6.04 Å². The second-order valence-corrected chi connectivity index (χ2v) is 5.39. The molecule has 1 saturated heterocycles. The van der Waals surface area contributed by atoms with Gasteiger partial charge >= 0.3 is 0 Å². The Morgan fingerprint density at radius 2 is 1.88 bits per heavy atom. The summed E-state index contributed by atoms with van der Waals surface area (Å²) >= 11 is 0. The van der Waals surface area contributed by atoms with E-state index < -0.39 is 0 Å². The molecule has 1 N–H and O–H groups in total. The Hall–Kier alpha value is -1.02. The molecule has 0 aromatic heterocycles. The molecule has 1 unspecified atom stereocenters. The van der Waals surface area contributed by atoms with E-state index in [1.165, 1.54) is 42.6 Å². The van der Waals surface area contributed by atoms with E-state index in [2.05, 4.69) is 49.3 Å². The SMILES string of the molecule is Cc1cc(C)cc(NCC2CCCCN2C)c1. The molecule has 1 aromatic rings. The third kappa shape index (κ3) is 3.47. The van der Waals surface area contributed by atoms with Crippen LogP contribution in [0.1, 0.15) is 30.4 Å². The molecule has 1 aromatic carbocycles. The number of hydrogen-bond acceptors (Lipinski definition) is 2. The number of hydrogen-bond donors (Lipinski definition) is 1. The predicted molar refractivity (Wildman–Crippen MR) is 74.7 cm³/mol. The minimum Gasteiger partial charge on any atom is -0.383 e. The largest absolute Gasteiger partial charge is 0.383 e. The lowest BCUT2D eigenvalue weighted by atomic mass is 10.0. The number of benzene rings is 1. The topological polar surface area (TPSA) is 15.3 Å². The van der Waals surface area contributed by atoms with Crippen LogP contribution in [0, 0.1) is 13.8 Å². The molecule has 94 valence electrons. The Balaban J connectivity index is 1.92. The second-order valence-electron chi connectivity index (χ2n) is 5.39. The molecule has 0 saturated carbocycles. The van der Waals surface area contributed by atoms with Crippen LogP contribution in [-0.2, 0) is 0 Å². The van der Waals surface area contributed by atoms with E-state index >= 15 is 0 Å². The van der Waals surface area contributed by atoms with Crippen LogP contribution in [0.4, 0.5) is 5.69 Å². The van der Waals surface area contributed by atoms with Gasteiger partial charge in [0, 0.05) is 18.3 Å². The van der Waals surface area contributed by atoms with Gasteiger partial charge in [-0.05, 0) is 63.5 Å². The summed E-state index contributed by atoms with van der Waals surface area (Å²) in [4.78, 5) is 2.49. The van der Waals surface area contributed by atoms with Gasteiger partial charge in [0.15, 0.2) is 0 Å². The average Bonchev–Trinajstić information content (AvgIpc) is 2.27. The first kappa shape index (κ1) is 12.4. The van der Waals surface area contributed by atoms with Crippen molar-refractivity contribution < 1.29 is 0 Å². The maximum atomic E-state index is 3.58. The molecule has 0 bridgehead atoms. The lowest BCUT2D eigenvalue weighted by Gasteiger charge is -2.32. The van der Waals surface area contributed by atoms with Crippen LogP contribution in [0.3, 0.4) is 0 Å². The van der Waals surface area contributed by atoms with Gasteiger partial charge in [-0.3, -0.25) is 0 Å². The van der Waals surface area contributed by atoms with Crippen LogP contribution in [0.15, 0.2) is 18.2 Å². The zero-order chi connectivity index (χ0) is 12.3. The van der Waals surface area contributed by atoms with Gasteiger partial charge in [-0.1, -0.05) is 12.5 Å². The van der Waals surface area contributed by atoms with E-state index in [4.69, 9.17) is 0 Å². The van der Waals surface area contributed by atoms with Crippen molar-refractivity contribution in [2.24, 2.45) is 0 Å². The van der Waals surface area contributed by atoms with Gasteiger partial charge in [-0.2, -0.15) is 0 Å². The lowest BCUT2D eigenvalue weighted by Crippen LogP contribution is -2.40. The van der Waals surface area contributed by atoms with Crippen molar-refractivity contribution in [2.45, 2.75) is 39.2 Å². The molecule has 1 atom stereocenters. The van der Waals surface area contributed by atoms with Crippen molar-refractivity contribution in [2.75, 3.05) is 25.5 Å². The molecule has 2 nitrogen and oxygen atoms in total. The second kappa shape index (κ2) is 5.54. The first-order valence-electron chi connectivity index (χ1n) is 6.67. The summed E-state index contributed by atoms with van der Waals surface area (Å²) in [6, 6.07) is 7.38. The highest BCUT2D eigenvalue weighted by atomic mass is 15.2. The molecule has 17 heavy (non-hydrogen) atoms. The van der Waals surface area contributed by atoms with E-state index in [0.717, 1.165) is 6.54 Å². The van der Waals surface area contributed by atoms with Crippen molar-refractivity contribution in [3.05, 3.63) is 29.3 Å². The van der Waals surface area contributed by atoms with Gasteiger partial charge in [0.2, 0.25) is 0 Å². The van der Waals surface area contributed by atoms with Crippen LogP contribution in [0.5, 0.6) is 0 Å². The van der Waals surface area contributed by atoms with E-state index in [-0.39, 0.29) is 0 Å². The summed E-state index contributed by atoms with van der Waals surface area (Å²) in [6.45, 7) is 6.63. The number of nitrogens with zero attached hydrogens (tertiary/aromatic N) is 1. The summed E-state index contributed by atoms with van der Waals surface area (Å²) in [5.41, 5.74) is 3.94. The summed E-state index contributed by atoms with van der Waals surface area (Å²) in [5, 5.41) is 3.58. The summed E-state index contributed by atoms with van der Waals surface area (Å²) in [5.74, 6) is 0. The fourth-order valence-corrected chi connectivity index (χ4v) is 2.71. The highest BCUT2D eigenvalue weighted by Crippen LogP contribution is 2.17. The highest BCUT2D eigenvalue weighted by molar-refractivity contribution is 5.48. The fourth-order valence-electron chi connectivity index (χ4n) is 2.71. The van der Waals surface area contributed by atoms with E-state index in [1.54, 1.807) is 0 Å². The minimum absolute atomic E-state index is 0.699. The van der Waals surface area contributed by atoms with Crippen molar-refractivity contribution in [1.29, 1.82) is 0 Å². The maximum absolute atomic E-state index is 3.58. The van der Waals surface area contributed by atoms with Gasteiger partial charge in [0.1, 0.15) is 0 Å². The Bertz CT molecular complexity index is 353. The standard InChI is InChI=1S/C15H24N2/c1-12-8-13(2)10-14(9-12)16-11-15-6-4-5-7-17(15)3/h8-10,15-16H,4-7,11H2,1-3H3. The molecule has 2 heteroatoms. The third-order valence-corrected chi connectivity index (χ3v) is 3.69. The van der Waals surface area contributed by atoms with Crippen LogP contribution in [0.2, 0.25) is 0 Å². The number of likely N-dealkylation sites (tertiary alicyclic amines) is 1. The molecule has 0 radical (unpaired) electrons. The van der Waals surface area contributed by atoms with E-state index in [1.807, 2.05) is 0 Å². The Kier molecular flexibility index (Phi) is 4.06. The molecule has 0 amide bonds. The summed E-state index contributed by atoms with van der Waals surface area (Å²) in [6.07, 6.45) is 4.06. The first-order chi connectivity index (χ1) is 8.15. The molecule has 1 heterocycles. The predicted octanol–water partition coefficient (Wildman–Crippen LogP) is 3.20. The normalized spacial score (nSPS) is 21.5. The molecule has 2 rings (SSSR count). The maximum Gasteiger partial charge on any atom is 0.0346 e. The zero-order valence-corrected chi connectivity index (χ0v) is 11.3. The Labute approximate surface area is 105 Å². The Morgan fingerprint density at radius 1 is 1.18 bits per heavy atom. The van der Waals surface area contributed by atoms with Gasteiger partial charge < -0.3 is 10.2 Å². The smallest absolute Gasteiger partial charge is 0.0346 e. The summed E-state index contributed by atoms with van der Waals surface area (Å²) < 4.78 is 0. The van der Waals surface area contributed by atoms with Crippen LogP contribution in [0.25, 0.3) is 0 Å². The van der Waals surface area contributed by atoms with Gasteiger partial charge in [-0.25, -0.2) is 0 Å². The van der Waals surface area contributed by atoms with Crippen molar-refractivity contribution in [3.63, 3.8) is 0 Å². The first-order valence-corrected chi connectivity index (χ1v) is 6.67. The van der Waals surface area contributed by atoms with Crippen molar-refractivity contribution in [1.82, 2.24) is 4.90 Å². The van der Waals surface area contributed by atoms with Crippen LogP contribution in [-0.4, -0.2) is 31.1 Å². The van der Waals surface area contributed by atoms with Gasteiger partial charge in [0.25, 0.3) is 0 Å². The average molecular weight is 232 g/mol. The number of piperidine rings is 1. The molecule has 0 aliphatic carbocycles. The van der Waals surface area contributed by atoms with Crippen LogP contribution < -0.4 is 5.32 Å². The quantitative estimate of drug-likeness (QED) is 0.861. The number of anilines is 1. The number of nitrogens with one attached hydrogen (secondary N) is 1. The molecule has 1 aliphatic heterocycles. The van der Waals surface area contributed by atoms with Gasteiger partial charge in [-0.15, -0.1) is 0 Å². The third-order valence-electron chi connectivity index (χ3n) is 3.69.